The van der Waals surface area contributed by atoms with Crippen LogP contribution in [0.3, 0.4) is 0 Å². The van der Waals surface area contributed by atoms with E-state index in [1.807, 2.05) is 11.8 Å². The van der Waals surface area contributed by atoms with Crippen LogP contribution in [-0.2, 0) is 4.79 Å². The van der Waals surface area contributed by atoms with Gasteiger partial charge in [0, 0.05) is 18.7 Å². The van der Waals surface area contributed by atoms with E-state index in [1.54, 1.807) is 0 Å². The number of nitrogens with zero attached hydrogens (tertiary/aromatic N) is 1. The molecule has 0 saturated carbocycles. The van der Waals surface area contributed by atoms with E-state index >= 15 is 0 Å². The van der Waals surface area contributed by atoms with Crippen molar-refractivity contribution in [2.24, 2.45) is 0 Å². The summed E-state index contributed by atoms with van der Waals surface area (Å²) in [6.45, 7) is 11.7. The number of carbonyl (C=O) groups is 1. The van der Waals surface area contributed by atoms with E-state index in [1.165, 1.54) is 0 Å². The number of carbonyl (C=O) groups excluding carboxylic acids is 1. The maximum atomic E-state index is 11.8. The van der Waals surface area contributed by atoms with Gasteiger partial charge < -0.3 is 4.90 Å². The van der Waals surface area contributed by atoms with Gasteiger partial charge in [-0.1, -0.05) is 33.8 Å². The smallest absolute Gasteiger partial charge is 0.249 e. The molecule has 14 heavy (non-hydrogen) atoms. The highest BCUT2D eigenvalue weighted by Crippen LogP contribution is 2.06. The average Bonchev–Trinajstić information content (AvgIpc) is 2.22. The second-order valence-corrected chi connectivity index (χ2v) is 3.60. The van der Waals surface area contributed by atoms with Gasteiger partial charge in [0.1, 0.15) is 0 Å². The number of hydrogen-bond donors (Lipinski definition) is 0. The van der Waals surface area contributed by atoms with Gasteiger partial charge in [-0.15, -0.1) is 0 Å². The molecule has 0 rings (SSSR count). The molecule has 0 saturated heterocycles. The van der Waals surface area contributed by atoms with E-state index in [4.69, 9.17) is 0 Å². The van der Waals surface area contributed by atoms with Crippen molar-refractivity contribution in [3.05, 3.63) is 12.2 Å². The molecule has 0 aliphatic carbocycles. The van der Waals surface area contributed by atoms with Crippen molar-refractivity contribution in [1.29, 1.82) is 0 Å². The number of rotatable bonds is 7. The highest BCUT2D eigenvalue weighted by molar-refractivity contribution is 5.92. The summed E-state index contributed by atoms with van der Waals surface area (Å²) in [6, 6.07) is 0. The molecule has 1 amide bonds. The first-order valence-corrected chi connectivity index (χ1v) is 5.64. The lowest BCUT2D eigenvalue weighted by atomic mass is 10.2. The normalized spacial score (nSPS) is 9.93. The van der Waals surface area contributed by atoms with E-state index < -0.39 is 0 Å². The van der Waals surface area contributed by atoms with Crippen LogP contribution in [0.2, 0.25) is 0 Å². The maximum Gasteiger partial charge on any atom is 0.249 e. The molecular weight excluding hydrogens is 174 g/mol. The lowest BCUT2D eigenvalue weighted by Crippen LogP contribution is -2.33. The second kappa shape index (κ2) is 7.60. The Kier molecular flexibility index (Phi) is 7.17. The average molecular weight is 197 g/mol. The molecule has 2 heteroatoms. The predicted octanol–water partition coefficient (Wildman–Crippen LogP) is 2.99. The van der Waals surface area contributed by atoms with Crippen LogP contribution in [0.1, 0.15) is 46.5 Å². The first-order chi connectivity index (χ1) is 6.67. The molecule has 0 unspecified atom stereocenters. The van der Waals surface area contributed by atoms with Crippen LogP contribution in [0.5, 0.6) is 0 Å². The molecule has 0 aromatic carbocycles. The van der Waals surface area contributed by atoms with E-state index in [0.717, 1.165) is 44.3 Å². The zero-order valence-electron chi connectivity index (χ0n) is 9.81. The summed E-state index contributed by atoms with van der Waals surface area (Å²) in [5.41, 5.74) is 0.731. The van der Waals surface area contributed by atoms with Crippen molar-refractivity contribution in [1.82, 2.24) is 4.90 Å². The Morgan fingerprint density at radius 2 is 1.79 bits per heavy atom. The summed E-state index contributed by atoms with van der Waals surface area (Å²) in [4.78, 5) is 13.7. The van der Waals surface area contributed by atoms with Crippen LogP contribution < -0.4 is 0 Å². The van der Waals surface area contributed by atoms with Gasteiger partial charge in [0.2, 0.25) is 5.91 Å². The molecule has 2 nitrogen and oxygen atoms in total. The summed E-state index contributed by atoms with van der Waals surface area (Å²) in [5.74, 6) is 0.141. The third-order valence-electron chi connectivity index (χ3n) is 2.29. The van der Waals surface area contributed by atoms with Crippen molar-refractivity contribution in [3.8, 4) is 0 Å². The van der Waals surface area contributed by atoms with Crippen LogP contribution in [-0.4, -0.2) is 23.9 Å². The molecule has 0 bridgehead atoms. The Morgan fingerprint density at radius 1 is 1.14 bits per heavy atom. The minimum absolute atomic E-state index is 0.141. The number of hydrogen-bond acceptors (Lipinski definition) is 1. The third kappa shape index (κ3) is 4.45. The Balaban J connectivity index is 4.17. The van der Waals surface area contributed by atoms with Gasteiger partial charge in [0.25, 0.3) is 0 Å². The fourth-order valence-electron chi connectivity index (χ4n) is 1.31. The zero-order valence-corrected chi connectivity index (χ0v) is 9.81. The molecule has 0 aliphatic heterocycles. The van der Waals surface area contributed by atoms with E-state index in [2.05, 4.69) is 20.4 Å². The summed E-state index contributed by atoms with van der Waals surface area (Å²) >= 11 is 0. The first-order valence-electron chi connectivity index (χ1n) is 5.64. The first kappa shape index (κ1) is 13.2. The molecular formula is C12H23NO. The second-order valence-electron chi connectivity index (χ2n) is 3.60. The third-order valence-corrected chi connectivity index (χ3v) is 2.29. The van der Waals surface area contributed by atoms with Gasteiger partial charge in [0.05, 0.1) is 0 Å². The van der Waals surface area contributed by atoms with Gasteiger partial charge in [-0.25, -0.2) is 0 Å². The maximum absolute atomic E-state index is 11.8. The van der Waals surface area contributed by atoms with Crippen molar-refractivity contribution < 1.29 is 4.79 Å². The van der Waals surface area contributed by atoms with Crippen molar-refractivity contribution in [2.45, 2.75) is 46.5 Å². The van der Waals surface area contributed by atoms with Gasteiger partial charge >= 0.3 is 0 Å². The lowest BCUT2D eigenvalue weighted by molar-refractivity contribution is -0.127. The molecule has 0 aliphatic rings. The molecule has 0 aromatic heterocycles. The zero-order chi connectivity index (χ0) is 11.0. The van der Waals surface area contributed by atoms with E-state index in [9.17, 15) is 4.79 Å². The molecule has 0 radical (unpaired) electrons. The highest BCUT2D eigenvalue weighted by atomic mass is 16.2. The molecule has 0 heterocycles. The number of unbranched alkanes of at least 4 members (excludes halogenated alkanes) is 1. The lowest BCUT2D eigenvalue weighted by Gasteiger charge is -2.22. The van der Waals surface area contributed by atoms with Gasteiger partial charge in [-0.05, 0) is 19.3 Å². The Hall–Kier alpha value is -0.790. The predicted molar refractivity (Wildman–Crippen MR) is 61.2 cm³/mol. The highest BCUT2D eigenvalue weighted by Gasteiger charge is 2.13. The van der Waals surface area contributed by atoms with Crippen molar-refractivity contribution >= 4 is 5.91 Å². The minimum atomic E-state index is 0.141. The summed E-state index contributed by atoms with van der Waals surface area (Å²) in [7, 11) is 0. The molecule has 0 spiro atoms. The monoisotopic (exact) mass is 197 g/mol. The Morgan fingerprint density at radius 3 is 2.21 bits per heavy atom. The molecule has 0 fully saturated rings. The van der Waals surface area contributed by atoms with Crippen molar-refractivity contribution in [3.63, 3.8) is 0 Å². The van der Waals surface area contributed by atoms with Crippen molar-refractivity contribution in [2.75, 3.05) is 13.1 Å². The topological polar surface area (TPSA) is 20.3 Å². The largest absolute Gasteiger partial charge is 0.339 e. The van der Waals surface area contributed by atoms with Crippen LogP contribution in [0.15, 0.2) is 12.2 Å². The minimum Gasteiger partial charge on any atom is -0.339 e. The SMILES string of the molecule is C=C(CC)C(=O)N(CCC)CCCC. The fourth-order valence-corrected chi connectivity index (χ4v) is 1.31. The van der Waals surface area contributed by atoms with Crippen LogP contribution in [0.4, 0.5) is 0 Å². The van der Waals surface area contributed by atoms with Crippen LogP contribution in [0.25, 0.3) is 0 Å². The summed E-state index contributed by atoms with van der Waals surface area (Å²) in [6.07, 6.45) is 3.99. The van der Waals surface area contributed by atoms with Crippen LogP contribution >= 0.6 is 0 Å². The van der Waals surface area contributed by atoms with Gasteiger partial charge in [-0.2, -0.15) is 0 Å². The molecule has 82 valence electrons. The summed E-state index contributed by atoms with van der Waals surface area (Å²) < 4.78 is 0. The van der Waals surface area contributed by atoms with E-state index in [0.29, 0.717) is 0 Å². The summed E-state index contributed by atoms with van der Waals surface area (Å²) in [5, 5.41) is 0. The molecule has 0 aromatic rings. The Bertz CT molecular complexity index is 187. The van der Waals surface area contributed by atoms with Gasteiger partial charge in [0.15, 0.2) is 0 Å². The molecule has 0 atom stereocenters. The number of amides is 1. The molecule has 0 N–H and O–H groups in total. The van der Waals surface area contributed by atoms with Crippen LogP contribution in [0, 0.1) is 0 Å². The van der Waals surface area contributed by atoms with Gasteiger partial charge in [-0.3, -0.25) is 4.79 Å². The Labute approximate surface area is 88.0 Å². The van der Waals surface area contributed by atoms with E-state index in [-0.39, 0.29) is 5.91 Å². The fraction of sp³-hybridized carbons (Fsp3) is 0.750. The standard InChI is InChI=1S/C12H23NO/c1-5-8-10-13(9-6-2)12(14)11(4)7-3/h4-10H2,1-3H3. The quantitative estimate of drug-likeness (QED) is 0.574.